The van der Waals surface area contributed by atoms with Crippen LogP contribution >= 0.6 is 0 Å². The quantitative estimate of drug-likeness (QED) is 0.613. The molecule has 148 valence electrons. The van der Waals surface area contributed by atoms with E-state index in [1.54, 1.807) is 36.4 Å². The third-order valence-corrected chi connectivity index (χ3v) is 3.67. The van der Waals surface area contributed by atoms with Crippen LogP contribution in [0.4, 0.5) is 11.4 Å². The van der Waals surface area contributed by atoms with Crippen molar-refractivity contribution in [2.75, 3.05) is 23.8 Å². The lowest BCUT2D eigenvalue weighted by molar-refractivity contribution is -0.147. The minimum Gasteiger partial charge on any atom is -0.492 e. The van der Waals surface area contributed by atoms with Crippen LogP contribution in [-0.4, -0.2) is 31.0 Å². The molecule has 0 spiro atoms. The van der Waals surface area contributed by atoms with Gasteiger partial charge in [0.15, 0.2) is 6.61 Å². The van der Waals surface area contributed by atoms with Gasteiger partial charge < -0.3 is 20.1 Å². The Morgan fingerprint density at radius 3 is 2.32 bits per heavy atom. The van der Waals surface area contributed by atoms with E-state index in [2.05, 4.69) is 10.6 Å². The van der Waals surface area contributed by atoms with Gasteiger partial charge in [0, 0.05) is 18.5 Å². The number of amides is 2. The molecule has 0 aliphatic carbocycles. The van der Waals surface area contributed by atoms with Gasteiger partial charge in [-0.1, -0.05) is 30.3 Å². The second-order valence-electron chi connectivity index (χ2n) is 5.91. The number of rotatable bonds is 10. The third kappa shape index (κ3) is 7.49. The summed E-state index contributed by atoms with van der Waals surface area (Å²) in [6.45, 7) is 1.93. The minimum absolute atomic E-state index is 0.0605. The number of carbonyl (C=O) groups is 3. The number of esters is 1. The maximum absolute atomic E-state index is 12.0. The molecule has 0 saturated heterocycles. The molecular weight excluding hydrogens is 360 g/mol. The molecule has 0 aliphatic rings. The van der Waals surface area contributed by atoms with Crippen LogP contribution in [0.5, 0.6) is 5.75 Å². The zero-order valence-corrected chi connectivity index (χ0v) is 15.8. The van der Waals surface area contributed by atoms with Crippen molar-refractivity contribution in [2.45, 2.75) is 26.2 Å². The van der Waals surface area contributed by atoms with E-state index in [-0.39, 0.29) is 18.7 Å². The van der Waals surface area contributed by atoms with Gasteiger partial charge in [-0.25, -0.2) is 0 Å². The molecule has 2 aromatic carbocycles. The van der Waals surface area contributed by atoms with E-state index < -0.39 is 18.5 Å². The van der Waals surface area contributed by atoms with E-state index in [1.165, 1.54) is 0 Å². The Hall–Kier alpha value is -3.35. The molecule has 2 N–H and O–H groups in total. The molecular formula is C21H24N2O5. The SMILES string of the molecule is CCOc1ccccc1NC(=O)COC(=O)CCCC(=O)Nc1ccccc1. The molecule has 28 heavy (non-hydrogen) atoms. The predicted molar refractivity (Wildman–Crippen MR) is 106 cm³/mol. The van der Waals surface area contributed by atoms with Gasteiger partial charge in [0.2, 0.25) is 5.91 Å². The third-order valence-electron chi connectivity index (χ3n) is 3.67. The van der Waals surface area contributed by atoms with Crippen molar-refractivity contribution in [1.29, 1.82) is 0 Å². The second kappa shape index (κ2) is 11.4. The minimum atomic E-state index is -0.527. The molecule has 0 bridgehead atoms. The van der Waals surface area contributed by atoms with Gasteiger partial charge in [-0.15, -0.1) is 0 Å². The number of para-hydroxylation sites is 3. The molecule has 0 atom stereocenters. The summed E-state index contributed by atoms with van der Waals surface area (Å²) in [6, 6.07) is 16.1. The highest BCUT2D eigenvalue weighted by Gasteiger charge is 2.11. The lowest BCUT2D eigenvalue weighted by Gasteiger charge is -2.11. The lowest BCUT2D eigenvalue weighted by Crippen LogP contribution is -2.21. The van der Waals surface area contributed by atoms with Crippen molar-refractivity contribution in [3.63, 3.8) is 0 Å². The van der Waals surface area contributed by atoms with Crippen LogP contribution in [0.1, 0.15) is 26.2 Å². The van der Waals surface area contributed by atoms with Crippen molar-refractivity contribution >= 4 is 29.2 Å². The van der Waals surface area contributed by atoms with E-state index in [0.29, 0.717) is 30.2 Å². The summed E-state index contributed by atoms with van der Waals surface area (Å²) in [7, 11) is 0. The number of hydrogen-bond acceptors (Lipinski definition) is 5. The van der Waals surface area contributed by atoms with Gasteiger partial charge in [0.1, 0.15) is 5.75 Å². The molecule has 2 amide bonds. The maximum atomic E-state index is 12.0. The van der Waals surface area contributed by atoms with Crippen LogP contribution in [0.15, 0.2) is 54.6 Å². The Morgan fingerprint density at radius 2 is 1.57 bits per heavy atom. The Balaban J connectivity index is 1.65. The van der Waals surface area contributed by atoms with E-state index >= 15 is 0 Å². The smallest absolute Gasteiger partial charge is 0.306 e. The molecule has 7 nitrogen and oxygen atoms in total. The summed E-state index contributed by atoms with van der Waals surface area (Å²) < 4.78 is 10.4. The summed E-state index contributed by atoms with van der Waals surface area (Å²) in [5, 5.41) is 5.39. The van der Waals surface area contributed by atoms with Crippen LogP contribution in [-0.2, 0) is 19.1 Å². The Morgan fingerprint density at radius 1 is 0.857 bits per heavy atom. The highest BCUT2D eigenvalue weighted by Crippen LogP contribution is 2.23. The first-order valence-corrected chi connectivity index (χ1v) is 9.10. The molecule has 0 radical (unpaired) electrons. The molecule has 2 rings (SSSR count). The van der Waals surface area contributed by atoms with Crippen molar-refractivity contribution in [1.82, 2.24) is 0 Å². The first-order valence-electron chi connectivity index (χ1n) is 9.10. The first-order chi connectivity index (χ1) is 13.6. The average Bonchev–Trinajstić information content (AvgIpc) is 2.69. The van der Waals surface area contributed by atoms with Gasteiger partial charge in [-0.2, -0.15) is 0 Å². The fourth-order valence-electron chi connectivity index (χ4n) is 2.39. The van der Waals surface area contributed by atoms with Crippen LogP contribution in [0.2, 0.25) is 0 Å². The van der Waals surface area contributed by atoms with Crippen molar-refractivity contribution < 1.29 is 23.9 Å². The van der Waals surface area contributed by atoms with E-state index in [0.717, 1.165) is 0 Å². The highest BCUT2D eigenvalue weighted by molar-refractivity contribution is 5.94. The number of anilines is 2. The number of ether oxygens (including phenoxy) is 2. The van der Waals surface area contributed by atoms with Crippen LogP contribution in [0.3, 0.4) is 0 Å². The Bertz CT molecular complexity index is 792. The molecule has 0 aromatic heterocycles. The topological polar surface area (TPSA) is 93.7 Å². The molecule has 2 aromatic rings. The normalized spacial score (nSPS) is 10.0. The largest absolute Gasteiger partial charge is 0.492 e. The van der Waals surface area contributed by atoms with E-state index in [9.17, 15) is 14.4 Å². The highest BCUT2D eigenvalue weighted by atomic mass is 16.5. The Kier molecular flexibility index (Phi) is 8.52. The average molecular weight is 384 g/mol. The first kappa shape index (κ1) is 21.0. The summed E-state index contributed by atoms with van der Waals surface area (Å²) in [5.41, 5.74) is 1.22. The predicted octanol–water partition coefficient (Wildman–Crippen LogP) is 3.38. The van der Waals surface area contributed by atoms with Crippen molar-refractivity contribution in [3.8, 4) is 5.75 Å². The zero-order valence-electron chi connectivity index (χ0n) is 15.8. The van der Waals surface area contributed by atoms with Crippen LogP contribution in [0.25, 0.3) is 0 Å². The molecule has 0 fully saturated rings. The summed E-state index contributed by atoms with van der Waals surface area (Å²) in [4.78, 5) is 35.5. The molecule has 0 aliphatic heterocycles. The van der Waals surface area contributed by atoms with E-state index in [1.807, 2.05) is 25.1 Å². The fraction of sp³-hybridized carbons (Fsp3) is 0.286. The Labute approximate surface area is 164 Å². The number of benzene rings is 2. The van der Waals surface area contributed by atoms with Gasteiger partial charge >= 0.3 is 5.97 Å². The number of nitrogens with one attached hydrogen (secondary N) is 2. The van der Waals surface area contributed by atoms with Gasteiger partial charge in [-0.05, 0) is 37.6 Å². The van der Waals surface area contributed by atoms with Crippen LogP contribution in [0, 0.1) is 0 Å². The summed E-state index contributed by atoms with van der Waals surface area (Å²) in [5.74, 6) is -0.610. The second-order valence-corrected chi connectivity index (χ2v) is 5.91. The van der Waals surface area contributed by atoms with Crippen molar-refractivity contribution in [2.24, 2.45) is 0 Å². The number of carbonyl (C=O) groups excluding carboxylic acids is 3. The number of hydrogen-bond donors (Lipinski definition) is 2. The standard InChI is InChI=1S/C21H24N2O5/c1-2-27-18-12-7-6-11-17(18)23-20(25)15-28-21(26)14-8-13-19(24)22-16-9-4-3-5-10-16/h3-7,9-12H,2,8,13-15H2,1H3,(H,22,24)(H,23,25). The monoisotopic (exact) mass is 384 g/mol. The maximum Gasteiger partial charge on any atom is 0.306 e. The van der Waals surface area contributed by atoms with Gasteiger partial charge in [-0.3, -0.25) is 14.4 Å². The van der Waals surface area contributed by atoms with Crippen molar-refractivity contribution in [3.05, 3.63) is 54.6 Å². The van der Waals surface area contributed by atoms with Gasteiger partial charge in [0.05, 0.1) is 12.3 Å². The molecule has 0 unspecified atom stereocenters. The zero-order chi connectivity index (χ0) is 20.2. The summed E-state index contributed by atoms with van der Waals surface area (Å²) in [6.07, 6.45) is 0.592. The molecule has 0 heterocycles. The lowest BCUT2D eigenvalue weighted by atomic mass is 10.2. The molecule has 7 heteroatoms. The van der Waals surface area contributed by atoms with E-state index in [4.69, 9.17) is 9.47 Å². The molecule has 0 saturated carbocycles. The van der Waals surface area contributed by atoms with Gasteiger partial charge in [0.25, 0.3) is 5.91 Å². The summed E-state index contributed by atoms with van der Waals surface area (Å²) >= 11 is 0. The van der Waals surface area contributed by atoms with Crippen LogP contribution < -0.4 is 15.4 Å². The fourth-order valence-corrected chi connectivity index (χ4v) is 2.39.